The molecule has 2 atom stereocenters. The van der Waals surface area contributed by atoms with Gasteiger partial charge in [0.25, 0.3) is 0 Å². The highest BCUT2D eigenvalue weighted by Crippen LogP contribution is 2.65. The lowest BCUT2D eigenvalue weighted by Gasteiger charge is -2.60. The van der Waals surface area contributed by atoms with E-state index in [-0.39, 0.29) is 17.9 Å². The molecule has 0 saturated heterocycles. The largest absolute Gasteiger partial charge is 0.396 e. The van der Waals surface area contributed by atoms with Gasteiger partial charge in [0.2, 0.25) is 5.91 Å². The lowest BCUT2D eigenvalue weighted by molar-refractivity contribution is -0.128. The molecular formula is C15H24BrNO2. The third-order valence-corrected chi connectivity index (χ3v) is 6.23. The summed E-state index contributed by atoms with van der Waals surface area (Å²) in [4.78, 5) is 12.1. The molecule has 0 spiro atoms. The Morgan fingerprint density at radius 2 is 1.95 bits per heavy atom. The number of hydrogen-bond donors (Lipinski definition) is 2. The van der Waals surface area contributed by atoms with Crippen molar-refractivity contribution < 1.29 is 9.90 Å². The lowest BCUT2D eigenvalue weighted by Crippen LogP contribution is -2.54. The van der Waals surface area contributed by atoms with E-state index in [9.17, 15) is 4.79 Å². The summed E-state index contributed by atoms with van der Waals surface area (Å²) in [5.41, 5.74) is 0.261. The van der Waals surface area contributed by atoms with Gasteiger partial charge in [-0.25, -0.2) is 0 Å². The van der Waals surface area contributed by atoms with Crippen molar-refractivity contribution in [2.75, 3.05) is 13.2 Å². The van der Waals surface area contributed by atoms with Gasteiger partial charge in [-0.2, -0.15) is 0 Å². The smallest absolute Gasteiger partial charge is 0.220 e. The van der Waals surface area contributed by atoms with Gasteiger partial charge in [-0.3, -0.25) is 4.79 Å². The van der Waals surface area contributed by atoms with E-state index in [1.165, 1.54) is 38.5 Å². The van der Waals surface area contributed by atoms with Crippen LogP contribution in [0.15, 0.2) is 0 Å². The molecule has 0 aliphatic heterocycles. The highest BCUT2D eigenvalue weighted by molar-refractivity contribution is 9.10. The van der Waals surface area contributed by atoms with Crippen LogP contribution >= 0.6 is 15.9 Å². The molecule has 1 amide bonds. The van der Waals surface area contributed by atoms with E-state index in [4.69, 9.17) is 5.11 Å². The van der Waals surface area contributed by atoms with E-state index >= 15 is 0 Å². The Labute approximate surface area is 123 Å². The molecule has 0 radical (unpaired) electrons. The van der Waals surface area contributed by atoms with Crippen molar-refractivity contribution in [3.8, 4) is 0 Å². The van der Waals surface area contributed by atoms with Gasteiger partial charge in [0, 0.05) is 23.9 Å². The van der Waals surface area contributed by atoms with Crippen LogP contribution in [0.4, 0.5) is 0 Å². The van der Waals surface area contributed by atoms with Crippen LogP contribution in [-0.2, 0) is 4.79 Å². The predicted molar refractivity (Wildman–Crippen MR) is 78.1 cm³/mol. The second kappa shape index (κ2) is 5.03. The van der Waals surface area contributed by atoms with Gasteiger partial charge in [-0.05, 0) is 62.2 Å². The molecule has 0 aromatic carbocycles. The number of aliphatic hydroxyl groups excluding tert-OH is 1. The Balaban J connectivity index is 1.62. The Morgan fingerprint density at radius 1 is 1.26 bits per heavy atom. The number of aliphatic hydroxyl groups is 1. The maximum atomic E-state index is 12.1. The summed E-state index contributed by atoms with van der Waals surface area (Å²) in [5, 5.41) is 11.7. The number of alkyl halides is 1. The van der Waals surface area contributed by atoms with Crippen LogP contribution in [0.1, 0.15) is 51.4 Å². The minimum Gasteiger partial charge on any atom is -0.396 e. The third kappa shape index (κ3) is 2.85. The van der Waals surface area contributed by atoms with Crippen LogP contribution in [-0.4, -0.2) is 28.5 Å². The van der Waals surface area contributed by atoms with Crippen LogP contribution < -0.4 is 5.32 Å². The van der Waals surface area contributed by atoms with E-state index in [0.717, 1.165) is 11.8 Å². The molecule has 19 heavy (non-hydrogen) atoms. The molecule has 4 rings (SSSR count). The minimum atomic E-state index is 0.153. The fourth-order valence-corrected chi connectivity index (χ4v) is 6.76. The Bertz CT molecular complexity index is 357. The zero-order valence-electron chi connectivity index (χ0n) is 11.5. The fourth-order valence-electron chi connectivity index (χ4n) is 5.25. The molecule has 3 nitrogen and oxygen atoms in total. The van der Waals surface area contributed by atoms with Crippen molar-refractivity contribution in [3.63, 3.8) is 0 Å². The quantitative estimate of drug-likeness (QED) is 0.601. The highest BCUT2D eigenvalue weighted by atomic mass is 79.9. The van der Waals surface area contributed by atoms with Gasteiger partial charge in [-0.1, -0.05) is 15.9 Å². The third-order valence-electron chi connectivity index (χ3n) is 5.30. The predicted octanol–water partition coefficient (Wildman–Crippen LogP) is 2.61. The Kier molecular flexibility index (Phi) is 3.67. The first-order chi connectivity index (χ1) is 9.03. The molecule has 0 heterocycles. The van der Waals surface area contributed by atoms with E-state index in [1.54, 1.807) is 0 Å². The summed E-state index contributed by atoms with van der Waals surface area (Å²) in [6, 6.07) is 0. The molecule has 108 valence electrons. The normalized spacial score (nSPS) is 43.5. The highest BCUT2D eigenvalue weighted by Gasteiger charge is 2.57. The van der Waals surface area contributed by atoms with Gasteiger partial charge in [0.1, 0.15) is 0 Å². The number of hydrogen-bond acceptors (Lipinski definition) is 2. The van der Waals surface area contributed by atoms with Crippen LogP contribution in [0.5, 0.6) is 0 Å². The standard InChI is InChI=1S/C15H24BrNO2/c16-15-7-11-4-12(8-15)6-14(5-11,10-15)9-13(19)17-2-1-3-18/h11-12,18H,1-10H2,(H,17,19). The first kappa shape index (κ1) is 13.9. The molecule has 4 fully saturated rings. The number of amides is 1. The number of halogens is 1. The van der Waals surface area contributed by atoms with Crippen LogP contribution in [0.3, 0.4) is 0 Å². The van der Waals surface area contributed by atoms with Crippen LogP contribution in [0.2, 0.25) is 0 Å². The molecule has 4 aliphatic carbocycles. The molecule has 2 unspecified atom stereocenters. The summed E-state index contributed by atoms with van der Waals surface area (Å²) in [6.07, 6.45) is 9.07. The summed E-state index contributed by atoms with van der Waals surface area (Å²) in [6.45, 7) is 0.762. The molecule has 2 N–H and O–H groups in total. The van der Waals surface area contributed by atoms with Crippen molar-refractivity contribution in [1.29, 1.82) is 0 Å². The number of rotatable bonds is 5. The zero-order valence-corrected chi connectivity index (χ0v) is 13.0. The average Bonchev–Trinajstić information content (AvgIpc) is 2.24. The summed E-state index contributed by atoms with van der Waals surface area (Å²) in [5.74, 6) is 1.86. The molecular weight excluding hydrogens is 306 g/mol. The first-order valence-electron chi connectivity index (χ1n) is 7.59. The molecule has 4 aliphatic rings. The molecule has 4 heteroatoms. The Morgan fingerprint density at radius 3 is 2.53 bits per heavy atom. The van der Waals surface area contributed by atoms with Gasteiger partial charge in [0.05, 0.1) is 0 Å². The van der Waals surface area contributed by atoms with Gasteiger partial charge in [-0.15, -0.1) is 0 Å². The van der Waals surface area contributed by atoms with Crippen molar-refractivity contribution in [2.24, 2.45) is 17.3 Å². The molecule has 0 aromatic rings. The van der Waals surface area contributed by atoms with Crippen LogP contribution in [0, 0.1) is 17.3 Å². The van der Waals surface area contributed by atoms with Crippen molar-refractivity contribution in [3.05, 3.63) is 0 Å². The van der Waals surface area contributed by atoms with Crippen molar-refractivity contribution in [2.45, 2.75) is 55.7 Å². The van der Waals surface area contributed by atoms with Gasteiger partial charge in [0.15, 0.2) is 0 Å². The molecule has 4 bridgehead atoms. The zero-order chi connectivity index (χ0) is 13.5. The van der Waals surface area contributed by atoms with Gasteiger partial charge < -0.3 is 10.4 Å². The number of carbonyl (C=O) groups excluding carboxylic acids is 1. The van der Waals surface area contributed by atoms with Crippen LogP contribution in [0.25, 0.3) is 0 Å². The molecule has 0 aromatic heterocycles. The van der Waals surface area contributed by atoms with E-state index in [1.807, 2.05) is 0 Å². The van der Waals surface area contributed by atoms with E-state index in [2.05, 4.69) is 21.2 Å². The maximum Gasteiger partial charge on any atom is 0.220 e. The van der Waals surface area contributed by atoms with E-state index < -0.39 is 0 Å². The Hall–Kier alpha value is -0.0900. The second-order valence-electron chi connectivity index (χ2n) is 7.22. The summed E-state index contributed by atoms with van der Waals surface area (Å²) < 4.78 is 0.336. The van der Waals surface area contributed by atoms with E-state index in [0.29, 0.717) is 23.7 Å². The first-order valence-corrected chi connectivity index (χ1v) is 8.38. The topological polar surface area (TPSA) is 49.3 Å². The van der Waals surface area contributed by atoms with Crippen molar-refractivity contribution >= 4 is 21.8 Å². The maximum absolute atomic E-state index is 12.1. The summed E-state index contributed by atoms with van der Waals surface area (Å²) >= 11 is 3.98. The number of carbonyl (C=O) groups is 1. The SMILES string of the molecule is O=C(CC12CC3CC(CC(Br)(C3)C1)C2)NCCCO. The minimum absolute atomic E-state index is 0.153. The number of nitrogens with one attached hydrogen (secondary N) is 1. The summed E-state index contributed by atoms with van der Waals surface area (Å²) in [7, 11) is 0. The van der Waals surface area contributed by atoms with Crippen molar-refractivity contribution in [1.82, 2.24) is 5.32 Å². The average molecular weight is 330 g/mol. The van der Waals surface area contributed by atoms with Gasteiger partial charge >= 0.3 is 0 Å². The second-order valence-corrected chi connectivity index (χ2v) is 8.90. The monoisotopic (exact) mass is 329 g/mol. The fraction of sp³-hybridized carbons (Fsp3) is 0.933. The lowest BCUT2D eigenvalue weighted by atomic mass is 9.48. The molecule has 4 saturated carbocycles.